The molecule has 0 spiro atoms. The molecular weight excluding hydrogens is 496 g/mol. The lowest BCUT2D eigenvalue weighted by atomic mass is 9.59. The Morgan fingerprint density at radius 1 is 1.10 bits per heavy atom. The predicted molar refractivity (Wildman–Crippen MR) is 147 cm³/mol. The highest BCUT2D eigenvalue weighted by Gasteiger charge is 2.48. The van der Waals surface area contributed by atoms with Gasteiger partial charge in [0, 0.05) is 18.8 Å². The highest BCUT2D eigenvalue weighted by atomic mass is 16.7. The summed E-state index contributed by atoms with van der Waals surface area (Å²) in [6, 6.07) is 9.94. The molecule has 1 heterocycles. The first kappa shape index (κ1) is 30.0. The van der Waals surface area contributed by atoms with Crippen LogP contribution in [0.15, 0.2) is 30.3 Å². The summed E-state index contributed by atoms with van der Waals surface area (Å²) in [6.45, 7) is 8.77. The maximum absolute atomic E-state index is 13.0. The first-order valence-corrected chi connectivity index (χ1v) is 15.0. The minimum absolute atomic E-state index is 0.145. The first-order chi connectivity index (χ1) is 18.7. The van der Waals surface area contributed by atoms with E-state index in [4.69, 9.17) is 18.9 Å². The normalized spacial score (nSPS) is 33.2. The van der Waals surface area contributed by atoms with Crippen LogP contribution >= 0.6 is 0 Å². The molecule has 3 aliphatic rings. The molecule has 0 radical (unpaired) electrons. The number of esters is 2. The van der Waals surface area contributed by atoms with Crippen LogP contribution in [-0.4, -0.2) is 48.3 Å². The largest absolute Gasteiger partial charge is 0.462 e. The van der Waals surface area contributed by atoms with E-state index in [1.54, 1.807) is 0 Å². The fourth-order valence-electron chi connectivity index (χ4n) is 6.79. The molecule has 1 saturated heterocycles. The van der Waals surface area contributed by atoms with Crippen LogP contribution in [0.2, 0.25) is 0 Å². The summed E-state index contributed by atoms with van der Waals surface area (Å²) in [5.41, 5.74) is 0.545. The number of carbonyl (C=O) groups is 2. The third-order valence-electron chi connectivity index (χ3n) is 9.50. The third-order valence-corrected chi connectivity index (χ3v) is 9.50. The van der Waals surface area contributed by atoms with Crippen molar-refractivity contribution in [2.45, 2.75) is 117 Å². The van der Waals surface area contributed by atoms with Gasteiger partial charge in [-0.05, 0) is 69.3 Å². The summed E-state index contributed by atoms with van der Waals surface area (Å²) < 4.78 is 23.5. The van der Waals surface area contributed by atoms with E-state index in [0.717, 1.165) is 37.7 Å². The molecule has 1 aromatic rings. The lowest BCUT2D eigenvalue weighted by molar-refractivity contribution is -0.179. The molecule has 0 amide bonds. The van der Waals surface area contributed by atoms with Gasteiger partial charge in [-0.25, -0.2) is 0 Å². The molecule has 218 valence electrons. The van der Waals surface area contributed by atoms with Gasteiger partial charge in [-0.3, -0.25) is 9.59 Å². The Bertz CT molecular complexity index is 932. The number of aliphatic hydroxyl groups excluding tert-OH is 1. The fraction of sp³-hybridized carbons (Fsp3) is 0.750. The van der Waals surface area contributed by atoms with Crippen molar-refractivity contribution in [3.05, 3.63) is 35.9 Å². The summed E-state index contributed by atoms with van der Waals surface area (Å²) in [6.07, 6.45) is 5.64. The van der Waals surface area contributed by atoms with Gasteiger partial charge < -0.3 is 24.1 Å². The smallest absolute Gasteiger partial charge is 0.311 e. The molecule has 1 aromatic carbocycles. The molecule has 0 aromatic heterocycles. The van der Waals surface area contributed by atoms with Crippen LogP contribution in [0.5, 0.6) is 0 Å². The maximum Gasteiger partial charge on any atom is 0.311 e. The summed E-state index contributed by atoms with van der Waals surface area (Å²) in [5.74, 6) is 1.03. The Morgan fingerprint density at radius 2 is 1.87 bits per heavy atom. The molecule has 3 fully saturated rings. The van der Waals surface area contributed by atoms with E-state index in [9.17, 15) is 14.7 Å². The molecule has 0 unspecified atom stereocenters. The number of hydrogen-bond acceptors (Lipinski definition) is 7. The zero-order valence-electron chi connectivity index (χ0n) is 24.2. The highest BCUT2D eigenvalue weighted by Crippen LogP contribution is 2.49. The average Bonchev–Trinajstić information content (AvgIpc) is 2.91. The monoisotopic (exact) mass is 544 g/mol. The van der Waals surface area contributed by atoms with Crippen molar-refractivity contribution in [1.29, 1.82) is 0 Å². The van der Waals surface area contributed by atoms with Crippen LogP contribution in [0.25, 0.3) is 0 Å². The number of hydrogen-bond donors (Lipinski definition) is 1. The average molecular weight is 545 g/mol. The van der Waals surface area contributed by atoms with Crippen molar-refractivity contribution < 1.29 is 33.6 Å². The van der Waals surface area contributed by atoms with E-state index in [1.165, 1.54) is 0 Å². The van der Waals surface area contributed by atoms with Gasteiger partial charge in [0.1, 0.15) is 19.0 Å². The Morgan fingerprint density at radius 3 is 2.62 bits per heavy atom. The second kappa shape index (κ2) is 13.6. The number of cyclic esters (lactones) is 1. The number of ether oxygens (including phenoxy) is 4. The van der Waals surface area contributed by atoms with Crippen LogP contribution in [-0.2, 0) is 35.1 Å². The van der Waals surface area contributed by atoms with Crippen molar-refractivity contribution in [2.75, 3.05) is 6.79 Å². The number of rotatable bonds is 11. The Kier molecular flexibility index (Phi) is 10.5. The van der Waals surface area contributed by atoms with Crippen molar-refractivity contribution in [3.8, 4) is 0 Å². The van der Waals surface area contributed by atoms with Gasteiger partial charge in [-0.2, -0.15) is 0 Å². The van der Waals surface area contributed by atoms with Crippen LogP contribution in [0, 0.1) is 29.1 Å². The van der Waals surface area contributed by atoms with E-state index in [2.05, 4.69) is 6.92 Å². The highest BCUT2D eigenvalue weighted by molar-refractivity contribution is 5.76. The standard InChI is InChI=1S/C32H48O7/c1-5-32(3,4)31(35)39-28-16-24(33)15-23-12-11-21(2)27(30(23)28)14-13-25-17-26(18-29(34)38-25)37-20-36-19-22-9-7-6-8-10-22/h6-10,21,23-28,30,33H,5,11-20H2,1-4H3/t21-,23-,24+,25-,26+,27-,28-,30-/m0/s1. The van der Waals surface area contributed by atoms with Crippen molar-refractivity contribution in [2.24, 2.45) is 29.1 Å². The van der Waals surface area contributed by atoms with Gasteiger partial charge in [0.2, 0.25) is 0 Å². The fourth-order valence-corrected chi connectivity index (χ4v) is 6.79. The summed E-state index contributed by atoms with van der Waals surface area (Å²) >= 11 is 0. The molecule has 39 heavy (non-hydrogen) atoms. The molecule has 4 rings (SSSR count). The van der Waals surface area contributed by atoms with E-state index in [-0.39, 0.29) is 49.4 Å². The third kappa shape index (κ3) is 8.05. The summed E-state index contributed by atoms with van der Waals surface area (Å²) in [5, 5.41) is 10.6. The van der Waals surface area contributed by atoms with Gasteiger partial charge in [-0.1, -0.05) is 50.6 Å². The molecule has 2 saturated carbocycles. The minimum Gasteiger partial charge on any atom is -0.462 e. The second-order valence-electron chi connectivity index (χ2n) is 12.7. The molecule has 8 atom stereocenters. The molecule has 7 heteroatoms. The van der Waals surface area contributed by atoms with E-state index in [0.29, 0.717) is 43.6 Å². The zero-order chi connectivity index (χ0) is 28.0. The molecule has 7 nitrogen and oxygen atoms in total. The second-order valence-corrected chi connectivity index (χ2v) is 12.7. The van der Waals surface area contributed by atoms with Gasteiger partial charge in [0.15, 0.2) is 0 Å². The molecular formula is C32H48O7. The number of carbonyl (C=O) groups excluding carboxylic acids is 2. The quantitative estimate of drug-likeness (QED) is 0.213. The zero-order valence-corrected chi connectivity index (χ0v) is 24.2. The van der Waals surface area contributed by atoms with Crippen molar-refractivity contribution in [3.63, 3.8) is 0 Å². The van der Waals surface area contributed by atoms with Gasteiger partial charge in [0.05, 0.1) is 30.7 Å². The minimum atomic E-state index is -0.538. The SMILES string of the molecule is CCC(C)(C)C(=O)O[C@H]1C[C@H](O)C[C@@H]2CC[C@H](C)[C@H](CC[C@H]3C[C@@H](OCOCc4ccccc4)CC(=O)O3)[C@H]21. The molecule has 1 aliphatic heterocycles. The van der Waals surface area contributed by atoms with Gasteiger partial charge >= 0.3 is 11.9 Å². The summed E-state index contributed by atoms with van der Waals surface area (Å²) in [4.78, 5) is 25.4. The van der Waals surface area contributed by atoms with Crippen LogP contribution in [0.1, 0.15) is 91.0 Å². The van der Waals surface area contributed by atoms with Crippen LogP contribution in [0.4, 0.5) is 0 Å². The number of benzene rings is 1. The first-order valence-electron chi connectivity index (χ1n) is 15.0. The lowest BCUT2D eigenvalue weighted by Gasteiger charge is -2.50. The number of aliphatic hydroxyl groups is 1. The van der Waals surface area contributed by atoms with E-state index in [1.807, 2.05) is 51.1 Å². The molecule has 0 bridgehead atoms. The Balaban J connectivity index is 1.33. The van der Waals surface area contributed by atoms with Gasteiger partial charge in [0.25, 0.3) is 0 Å². The molecule has 1 N–H and O–H groups in total. The van der Waals surface area contributed by atoms with E-state index < -0.39 is 11.5 Å². The van der Waals surface area contributed by atoms with E-state index >= 15 is 0 Å². The van der Waals surface area contributed by atoms with Gasteiger partial charge in [-0.15, -0.1) is 0 Å². The van der Waals surface area contributed by atoms with Crippen molar-refractivity contribution in [1.82, 2.24) is 0 Å². The number of fused-ring (bicyclic) bond motifs is 1. The Labute approximate surface area is 233 Å². The lowest BCUT2D eigenvalue weighted by Crippen LogP contribution is -2.50. The van der Waals surface area contributed by atoms with Crippen LogP contribution in [0.3, 0.4) is 0 Å². The van der Waals surface area contributed by atoms with Crippen LogP contribution < -0.4 is 0 Å². The van der Waals surface area contributed by atoms with Crippen molar-refractivity contribution >= 4 is 11.9 Å². The molecule has 2 aliphatic carbocycles. The summed E-state index contributed by atoms with van der Waals surface area (Å²) in [7, 11) is 0. The Hall–Kier alpha value is -1.96. The maximum atomic E-state index is 13.0. The topological polar surface area (TPSA) is 91.3 Å². The predicted octanol–water partition coefficient (Wildman–Crippen LogP) is 5.81.